The smallest absolute Gasteiger partial charge is 0.230 e. The summed E-state index contributed by atoms with van der Waals surface area (Å²) in [5, 5.41) is 3.98. The molecule has 90 valence electrons. The molecule has 1 heterocycles. The molecule has 4 heteroatoms. The molecule has 0 saturated heterocycles. The van der Waals surface area contributed by atoms with E-state index < -0.39 is 0 Å². The van der Waals surface area contributed by atoms with Crippen LogP contribution in [0.4, 0.5) is 0 Å². The molecule has 1 atom stereocenters. The number of nitrogens with zero attached hydrogens (tertiary/aromatic N) is 2. The zero-order chi connectivity index (χ0) is 11.6. The van der Waals surface area contributed by atoms with Crippen molar-refractivity contribution in [2.75, 3.05) is 6.54 Å². The molecule has 0 aromatic carbocycles. The van der Waals surface area contributed by atoms with E-state index in [1.165, 1.54) is 19.3 Å². The Morgan fingerprint density at radius 3 is 2.94 bits per heavy atom. The first-order valence-corrected chi connectivity index (χ1v) is 6.16. The fourth-order valence-corrected chi connectivity index (χ4v) is 2.59. The van der Waals surface area contributed by atoms with Crippen LogP contribution in [-0.2, 0) is 6.42 Å². The minimum Gasteiger partial charge on any atom is -0.339 e. The van der Waals surface area contributed by atoms with Crippen molar-refractivity contribution in [2.24, 2.45) is 11.1 Å². The Hall–Kier alpha value is -0.900. The molecule has 1 aliphatic carbocycles. The zero-order valence-electron chi connectivity index (χ0n) is 10.2. The molecule has 1 aliphatic rings. The third-order valence-corrected chi connectivity index (χ3v) is 3.66. The van der Waals surface area contributed by atoms with Gasteiger partial charge in [0.25, 0.3) is 0 Å². The molecule has 16 heavy (non-hydrogen) atoms. The molecular formula is C12H21N3O. The van der Waals surface area contributed by atoms with Crippen LogP contribution in [0.1, 0.15) is 57.2 Å². The van der Waals surface area contributed by atoms with Gasteiger partial charge in [-0.2, -0.15) is 4.98 Å². The highest BCUT2D eigenvalue weighted by Gasteiger charge is 2.36. The Bertz CT molecular complexity index is 346. The summed E-state index contributed by atoms with van der Waals surface area (Å²) in [6.45, 7) is 5.17. The molecule has 1 fully saturated rings. The summed E-state index contributed by atoms with van der Waals surface area (Å²) < 4.78 is 5.38. The number of hydrogen-bond acceptors (Lipinski definition) is 4. The van der Waals surface area contributed by atoms with Crippen LogP contribution in [0.15, 0.2) is 4.52 Å². The van der Waals surface area contributed by atoms with Crippen molar-refractivity contribution in [3.8, 4) is 0 Å². The lowest BCUT2D eigenvalue weighted by Gasteiger charge is -2.36. The predicted octanol–water partition coefficient (Wildman–Crippen LogP) is 2.25. The van der Waals surface area contributed by atoms with Gasteiger partial charge >= 0.3 is 0 Å². The van der Waals surface area contributed by atoms with E-state index in [0.717, 1.165) is 18.1 Å². The van der Waals surface area contributed by atoms with E-state index in [2.05, 4.69) is 24.0 Å². The molecule has 1 aromatic heterocycles. The number of hydrogen-bond donors (Lipinski definition) is 1. The maximum Gasteiger partial charge on any atom is 0.230 e. The van der Waals surface area contributed by atoms with Gasteiger partial charge in [0, 0.05) is 12.3 Å². The first-order valence-electron chi connectivity index (χ1n) is 6.16. The molecule has 1 unspecified atom stereocenters. The Morgan fingerprint density at radius 2 is 2.25 bits per heavy atom. The maximum absolute atomic E-state index is 5.48. The summed E-state index contributed by atoms with van der Waals surface area (Å²) >= 11 is 0. The van der Waals surface area contributed by atoms with E-state index in [1.807, 2.05) is 0 Å². The van der Waals surface area contributed by atoms with Crippen LogP contribution in [0.2, 0.25) is 0 Å². The maximum atomic E-state index is 5.48. The molecule has 1 saturated carbocycles. The number of rotatable bonds is 3. The van der Waals surface area contributed by atoms with Gasteiger partial charge in [-0.3, -0.25) is 0 Å². The van der Waals surface area contributed by atoms with Crippen LogP contribution in [0.5, 0.6) is 0 Å². The standard InChI is InChI=1S/C12H21N3O/c1-12(2)7-4-3-5-9(12)11-14-10(6-8-13)15-16-11/h9H,3-8,13H2,1-2H3. The minimum absolute atomic E-state index is 0.283. The molecule has 0 spiro atoms. The van der Waals surface area contributed by atoms with Crippen molar-refractivity contribution < 1.29 is 4.52 Å². The monoisotopic (exact) mass is 223 g/mol. The summed E-state index contributed by atoms with van der Waals surface area (Å²) in [5.41, 5.74) is 5.76. The molecular weight excluding hydrogens is 202 g/mol. The van der Waals surface area contributed by atoms with E-state index in [-0.39, 0.29) is 5.41 Å². The summed E-state index contributed by atoms with van der Waals surface area (Å²) in [6, 6.07) is 0. The van der Waals surface area contributed by atoms with Crippen LogP contribution in [-0.4, -0.2) is 16.7 Å². The fourth-order valence-electron chi connectivity index (χ4n) is 2.59. The lowest BCUT2D eigenvalue weighted by Crippen LogP contribution is -2.26. The van der Waals surface area contributed by atoms with Gasteiger partial charge in [-0.15, -0.1) is 0 Å². The highest BCUT2D eigenvalue weighted by atomic mass is 16.5. The topological polar surface area (TPSA) is 64.9 Å². The van der Waals surface area contributed by atoms with Gasteiger partial charge < -0.3 is 10.3 Å². The van der Waals surface area contributed by atoms with Crippen molar-refractivity contribution in [3.05, 3.63) is 11.7 Å². The summed E-state index contributed by atoms with van der Waals surface area (Å²) in [4.78, 5) is 4.46. The fraction of sp³-hybridized carbons (Fsp3) is 0.833. The van der Waals surface area contributed by atoms with E-state index in [9.17, 15) is 0 Å². The Morgan fingerprint density at radius 1 is 1.44 bits per heavy atom. The van der Waals surface area contributed by atoms with Crippen molar-refractivity contribution >= 4 is 0 Å². The second-order valence-electron chi connectivity index (χ2n) is 5.37. The van der Waals surface area contributed by atoms with Gasteiger partial charge in [0.05, 0.1) is 0 Å². The van der Waals surface area contributed by atoms with Gasteiger partial charge in [-0.05, 0) is 24.8 Å². The summed E-state index contributed by atoms with van der Waals surface area (Å²) in [5.74, 6) is 1.98. The van der Waals surface area contributed by atoms with Crippen molar-refractivity contribution in [2.45, 2.75) is 51.9 Å². The second kappa shape index (κ2) is 4.53. The highest BCUT2D eigenvalue weighted by Crippen LogP contribution is 2.45. The van der Waals surface area contributed by atoms with Crippen LogP contribution in [0, 0.1) is 5.41 Å². The van der Waals surface area contributed by atoms with Gasteiger partial charge in [0.2, 0.25) is 5.89 Å². The largest absolute Gasteiger partial charge is 0.339 e. The van der Waals surface area contributed by atoms with Crippen LogP contribution in [0.3, 0.4) is 0 Å². The van der Waals surface area contributed by atoms with E-state index in [1.54, 1.807) is 0 Å². The summed E-state index contributed by atoms with van der Waals surface area (Å²) in [7, 11) is 0. The molecule has 1 aromatic rings. The predicted molar refractivity (Wildman–Crippen MR) is 62.0 cm³/mol. The normalized spacial score (nSPS) is 24.6. The zero-order valence-corrected chi connectivity index (χ0v) is 10.2. The van der Waals surface area contributed by atoms with Crippen LogP contribution in [0.25, 0.3) is 0 Å². The third kappa shape index (κ3) is 2.26. The average molecular weight is 223 g/mol. The number of aromatic nitrogens is 2. The number of nitrogens with two attached hydrogens (primary N) is 1. The van der Waals surface area contributed by atoms with Crippen molar-refractivity contribution in [1.82, 2.24) is 10.1 Å². The molecule has 2 N–H and O–H groups in total. The van der Waals surface area contributed by atoms with Gasteiger partial charge in [0.1, 0.15) is 0 Å². The Labute approximate surface area is 96.6 Å². The molecule has 0 bridgehead atoms. The van der Waals surface area contributed by atoms with Crippen molar-refractivity contribution in [3.63, 3.8) is 0 Å². The average Bonchev–Trinajstić information content (AvgIpc) is 2.66. The van der Waals surface area contributed by atoms with Crippen molar-refractivity contribution in [1.29, 1.82) is 0 Å². The molecule has 2 rings (SSSR count). The van der Waals surface area contributed by atoms with Gasteiger partial charge in [0.15, 0.2) is 5.82 Å². The highest BCUT2D eigenvalue weighted by molar-refractivity contribution is 5.02. The Balaban J connectivity index is 2.15. The first-order chi connectivity index (χ1) is 7.63. The van der Waals surface area contributed by atoms with E-state index in [4.69, 9.17) is 10.3 Å². The van der Waals surface area contributed by atoms with E-state index in [0.29, 0.717) is 18.9 Å². The molecule has 4 nitrogen and oxygen atoms in total. The lowest BCUT2D eigenvalue weighted by atomic mass is 9.69. The van der Waals surface area contributed by atoms with E-state index >= 15 is 0 Å². The molecule has 0 amide bonds. The van der Waals surface area contributed by atoms with Gasteiger partial charge in [-0.1, -0.05) is 31.8 Å². The molecule has 0 radical (unpaired) electrons. The summed E-state index contributed by atoms with van der Waals surface area (Å²) in [6.07, 6.45) is 5.69. The quantitative estimate of drug-likeness (QED) is 0.853. The minimum atomic E-state index is 0.283. The lowest BCUT2D eigenvalue weighted by molar-refractivity contribution is 0.164. The first kappa shape index (κ1) is 11.6. The van der Waals surface area contributed by atoms with Crippen LogP contribution >= 0.6 is 0 Å². The molecule has 0 aliphatic heterocycles. The second-order valence-corrected chi connectivity index (χ2v) is 5.37. The van der Waals surface area contributed by atoms with Crippen LogP contribution < -0.4 is 5.73 Å². The van der Waals surface area contributed by atoms with Gasteiger partial charge in [-0.25, -0.2) is 0 Å². The SMILES string of the molecule is CC1(C)CCCCC1c1nc(CCN)no1. The Kier molecular flexibility index (Phi) is 3.28. The third-order valence-electron chi connectivity index (χ3n) is 3.66.